The predicted octanol–water partition coefficient (Wildman–Crippen LogP) is 16.8. The van der Waals surface area contributed by atoms with Crippen LogP contribution in [0.4, 0.5) is 45.5 Å². The van der Waals surface area contributed by atoms with E-state index in [1.54, 1.807) is 5.56 Å². The second-order valence-electron chi connectivity index (χ2n) is 21.3. The summed E-state index contributed by atoms with van der Waals surface area (Å²) in [5.74, 6) is 0. The third-order valence-electron chi connectivity index (χ3n) is 17.3. The van der Waals surface area contributed by atoms with E-state index in [1.807, 2.05) is 22.7 Å². The van der Waals surface area contributed by atoms with Crippen molar-refractivity contribution in [3.05, 3.63) is 198 Å². The zero-order valence-electron chi connectivity index (χ0n) is 40.8. The summed E-state index contributed by atoms with van der Waals surface area (Å²) in [6.07, 6.45) is 4.87. The molecule has 4 aliphatic rings. The Hall–Kier alpha value is -7.12. The predicted molar refractivity (Wildman–Crippen MR) is 309 cm³/mol. The number of hydrogen-bond acceptors (Lipinski definition) is 5. The smallest absolute Gasteiger partial charge is 0.252 e. The lowest BCUT2D eigenvalue weighted by molar-refractivity contribution is 0.194. The Labute approximate surface area is 424 Å². The van der Waals surface area contributed by atoms with Gasteiger partial charge in [-0.3, -0.25) is 0 Å². The lowest BCUT2D eigenvalue weighted by Gasteiger charge is -2.51. The van der Waals surface area contributed by atoms with E-state index in [-0.39, 0.29) is 17.7 Å². The van der Waals surface area contributed by atoms with Gasteiger partial charge in [0.2, 0.25) is 0 Å². The molecule has 1 fully saturated rings. The first-order valence-electron chi connectivity index (χ1n) is 25.5. The van der Waals surface area contributed by atoms with Gasteiger partial charge in [0.25, 0.3) is 6.71 Å². The first kappa shape index (κ1) is 41.6. The van der Waals surface area contributed by atoms with Crippen LogP contribution in [0.5, 0.6) is 0 Å². The largest absolute Gasteiger partial charge is 0.334 e. The van der Waals surface area contributed by atoms with Crippen LogP contribution in [0.25, 0.3) is 51.5 Å². The maximum absolute atomic E-state index is 2.80. The molecule has 2 aromatic heterocycles. The van der Waals surface area contributed by atoms with E-state index in [1.165, 1.54) is 149 Å². The van der Waals surface area contributed by atoms with Gasteiger partial charge in [-0.1, -0.05) is 135 Å². The summed E-state index contributed by atoms with van der Waals surface area (Å²) in [5.41, 5.74) is 22.1. The van der Waals surface area contributed by atoms with Crippen molar-refractivity contribution in [1.29, 1.82) is 0 Å². The molecule has 0 N–H and O–H groups in total. The molecule has 1 saturated carbocycles. The Balaban J connectivity index is 1.04. The molecule has 0 spiro atoms. The molecule has 11 aromatic rings. The summed E-state index contributed by atoms with van der Waals surface area (Å²) in [5, 5.41) is 5.25. The minimum atomic E-state index is -0.0770. The van der Waals surface area contributed by atoms with Crippen molar-refractivity contribution >= 4 is 132 Å². The van der Waals surface area contributed by atoms with Gasteiger partial charge in [-0.25, -0.2) is 0 Å². The number of rotatable bonds is 4. The van der Waals surface area contributed by atoms with Gasteiger partial charge in [0.1, 0.15) is 0 Å². The molecule has 342 valence electrons. The van der Waals surface area contributed by atoms with Gasteiger partial charge in [-0.2, -0.15) is 0 Å². The van der Waals surface area contributed by atoms with Crippen LogP contribution < -0.4 is 31.1 Å². The second kappa shape index (κ2) is 15.0. The molecule has 71 heavy (non-hydrogen) atoms. The maximum Gasteiger partial charge on any atom is 0.252 e. The van der Waals surface area contributed by atoms with E-state index in [2.05, 4.69) is 225 Å². The molecule has 2 unspecified atom stereocenters. The highest BCUT2D eigenvalue weighted by Crippen LogP contribution is 2.62. The van der Waals surface area contributed by atoms with Crippen LogP contribution in [-0.2, 0) is 5.41 Å². The Morgan fingerprint density at radius 1 is 0.451 bits per heavy atom. The van der Waals surface area contributed by atoms with Crippen LogP contribution in [-0.4, -0.2) is 12.3 Å². The molecule has 2 atom stereocenters. The fourth-order valence-corrected chi connectivity index (χ4v) is 16.6. The molecular formula is C65H52BN3S2. The number of hydrogen-bond donors (Lipinski definition) is 0. The quantitative estimate of drug-likeness (QED) is 0.163. The molecule has 6 heteroatoms. The SMILES string of the molecule is Cc1cc2c3c(c1)N(c1cccc4c1sc1ccccc14)c1cc(N4c5cc(C)cc(C)c5C5(C)CCCCC45C)ccc1B3c1ccc(-c3ccccc3)cc1N2c1cccc2c1sc1ccccc12. The van der Waals surface area contributed by atoms with Crippen molar-refractivity contribution in [2.24, 2.45) is 0 Å². The van der Waals surface area contributed by atoms with Crippen LogP contribution in [0.2, 0.25) is 0 Å². The molecule has 0 bridgehead atoms. The number of benzene rings is 9. The van der Waals surface area contributed by atoms with Gasteiger partial charge >= 0.3 is 0 Å². The average Bonchev–Trinajstić information content (AvgIpc) is 4.03. The second-order valence-corrected chi connectivity index (χ2v) is 23.4. The zero-order chi connectivity index (χ0) is 47.5. The van der Waals surface area contributed by atoms with Gasteiger partial charge in [-0.15, -0.1) is 22.7 Å². The Morgan fingerprint density at radius 2 is 1.00 bits per heavy atom. The fraction of sp³-hybridized carbons (Fsp3) is 0.169. The van der Waals surface area contributed by atoms with Gasteiger partial charge < -0.3 is 14.7 Å². The maximum atomic E-state index is 2.80. The van der Waals surface area contributed by atoms with Crippen molar-refractivity contribution < 1.29 is 0 Å². The van der Waals surface area contributed by atoms with Crippen LogP contribution in [0.15, 0.2) is 176 Å². The number of anilines is 8. The topological polar surface area (TPSA) is 9.72 Å². The number of thiophene rings is 2. The molecule has 3 aliphatic heterocycles. The van der Waals surface area contributed by atoms with E-state index in [4.69, 9.17) is 0 Å². The fourth-order valence-electron chi connectivity index (χ4n) is 14.2. The van der Waals surface area contributed by atoms with E-state index in [9.17, 15) is 0 Å². The van der Waals surface area contributed by atoms with Crippen molar-refractivity contribution in [3.8, 4) is 11.1 Å². The molecule has 0 saturated heterocycles. The monoisotopic (exact) mass is 949 g/mol. The van der Waals surface area contributed by atoms with E-state index >= 15 is 0 Å². The highest BCUT2D eigenvalue weighted by molar-refractivity contribution is 7.27. The normalized spacial score (nSPS) is 18.8. The highest BCUT2D eigenvalue weighted by atomic mass is 32.1. The lowest BCUT2D eigenvalue weighted by atomic mass is 9.33. The Bertz CT molecular complexity index is 4070. The standard InChI is InChI=1S/C65H52BN3S2/c1-39-33-41(3)60-55(34-39)69(65(5)32-14-13-31-64(60,65)4)44-28-30-50-54(38-44)68(52-24-16-22-48-46-20-10-12-26-59(46)71-63(48)52)57-36-40(2)35-56-61(57)66(50)49-29-27-43(42-17-7-6-8-18-42)37-53(49)67(56)51-23-15-21-47-45-19-9-11-25-58(45)70-62(47)51/h6-12,15-30,33-38H,13-14,31-32H2,1-5H3. The summed E-state index contributed by atoms with van der Waals surface area (Å²) in [4.78, 5) is 8.11. The highest BCUT2D eigenvalue weighted by Gasteiger charge is 2.58. The molecule has 9 aromatic carbocycles. The van der Waals surface area contributed by atoms with Crippen LogP contribution in [0.1, 0.15) is 61.8 Å². The summed E-state index contributed by atoms with van der Waals surface area (Å²) in [6.45, 7) is 12.1. The lowest BCUT2D eigenvalue weighted by Crippen LogP contribution is -2.61. The minimum absolute atomic E-state index is 0.00826. The minimum Gasteiger partial charge on any atom is -0.334 e. The van der Waals surface area contributed by atoms with Gasteiger partial charge in [0.15, 0.2) is 0 Å². The first-order chi connectivity index (χ1) is 34.7. The molecule has 1 aliphatic carbocycles. The van der Waals surface area contributed by atoms with Crippen LogP contribution in [0, 0.1) is 20.8 Å². The molecule has 15 rings (SSSR count). The van der Waals surface area contributed by atoms with Crippen LogP contribution in [0.3, 0.4) is 0 Å². The Morgan fingerprint density at radius 3 is 1.66 bits per heavy atom. The van der Waals surface area contributed by atoms with Crippen molar-refractivity contribution in [3.63, 3.8) is 0 Å². The summed E-state index contributed by atoms with van der Waals surface area (Å²) >= 11 is 3.84. The van der Waals surface area contributed by atoms with Gasteiger partial charge in [0, 0.05) is 70.5 Å². The van der Waals surface area contributed by atoms with E-state index in [0.717, 1.165) is 6.42 Å². The van der Waals surface area contributed by atoms with E-state index < -0.39 is 0 Å². The van der Waals surface area contributed by atoms with Gasteiger partial charge in [-0.05, 0) is 151 Å². The molecule has 0 radical (unpaired) electrons. The third kappa shape index (κ3) is 5.66. The van der Waals surface area contributed by atoms with Gasteiger partial charge in [0.05, 0.1) is 26.3 Å². The molecular weight excluding hydrogens is 898 g/mol. The van der Waals surface area contributed by atoms with Crippen molar-refractivity contribution in [2.45, 2.75) is 71.3 Å². The molecule has 3 nitrogen and oxygen atoms in total. The first-order valence-corrected chi connectivity index (χ1v) is 27.1. The van der Waals surface area contributed by atoms with Crippen molar-refractivity contribution in [2.75, 3.05) is 14.7 Å². The van der Waals surface area contributed by atoms with Crippen molar-refractivity contribution in [1.82, 2.24) is 0 Å². The molecule has 0 amide bonds. The van der Waals surface area contributed by atoms with Crippen LogP contribution >= 0.6 is 22.7 Å². The summed E-state index contributed by atoms with van der Waals surface area (Å²) < 4.78 is 5.26. The number of aryl methyl sites for hydroxylation is 3. The number of fused-ring (bicyclic) bond motifs is 13. The third-order valence-corrected chi connectivity index (χ3v) is 19.8. The zero-order valence-corrected chi connectivity index (χ0v) is 42.4. The summed E-state index contributed by atoms with van der Waals surface area (Å²) in [7, 11) is 0. The Kier molecular flexibility index (Phi) is 8.77. The number of nitrogens with zero attached hydrogens (tertiary/aromatic N) is 3. The summed E-state index contributed by atoms with van der Waals surface area (Å²) in [6, 6.07) is 67.6. The molecule has 5 heterocycles. The van der Waals surface area contributed by atoms with E-state index in [0.29, 0.717) is 0 Å². The average molecular weight is 950 g/mol.